The third kappa shape index (κ3) is 1.75. The largest absolute Gasteiger partial charge is 0.454 e. The highest BCUT2D eigenvalue weighted by Crippen LogP contribution is 2.35. The minimum absolute atomic E-state index is 0.748. The van der Waals surface area contributed by atoms with Gasteiger partial charge >= 0.3 is 0 Å². The molecule has 4 heterocycles. The highest BCUT2D eigenvalue weighted by atomic mass is 16.3. The van der Waals surface area contributed by atoms with Crippen molar-refractivity contribution in [2.75, 3.05) is 0 Å². The topological polar surface area (TPSA) is 51.8 Å². The summed E-state index contributed by atoms with van der Waals surface area (Å²) in [6.07, 6.45) is 7.19. The maximum atomic E-state index is 6.06. The number of fused-ring (bicyclic) bond motifs is 4. The summed E-state index contributed by atoms with van der Waals surface area (Å²) in [7, 11) is 0. The summed E-state index contributed by atoms with van der Waals surface area (Å²) in [5.74, 6) is 0. The van der Waals surface area contributed by atoms with Crippen molar-refractivity contribution in [2.45, 2.75) is 0 Å². The first-order valence-electron chi connectivity index (χ1n) is 7.37. The van der Waals surface area contributed by atoms with Gasteiger partial charge in [0.05, 0.1) is 0 Å². The molecule has 4 nitrogen and oxygen atoms in total. The van der Waals surface area contributed by atoms with Crippen molar-refractivity contribution >= 4 is 32.7 Å². The Bertz CT molecular complexity index is 1170. The fourth-order valence-electron chi connectivity index (χ4n) is 3.02. The monoisotopic (exact) mass is 297 g/mol. The Morgan fingerprint density at radius 1 is 0.696 bits per heavy atom. The second-order valence-electron chi connectivity index (χ2n) is 5.39. The Hall–Kier alpha value is -3.27. The van der Waals surface area contributed by atoms with Gasteiger partial charge in [-0.3, -0.25) is 15.0 Å². The first-order chi connectivity index (χ1) is 11.4. The number of pyridine rings is 3. The van der Waals surface area contributed by atoms with Gasteiger partial charge in [0.2, 0.25) is 0 Å². The van der Waals surface area contributed by atoms with Crippen LogP contribution in [0.3, 0.4) is 0 Å². The maximum absolute atomic E-state index is 6.06. The van der Waals surface area contributed by atoms with Gasteiger partial charge in [-0.25, -0.2) is 0 Å². The third-order valence-corrected chi connectivity index (χ3v) is 4.09. The Kier molecular flexibility index (Phi) is 2.46. The molecule has 1 aromatic carbocycles. The average Bonchev–Trinajstić information content (AvgIpc) is 3.00. The van der Waals surface area contributed by atoms with Crippen LogP contribution in [0.1, 0.15) is 0 Å². The Balaban J connectivity index is 1.93. The summed E-state index contributed by atoms with van der Waals surface area (Å²) in [5, 5.41) is 4.19. The highest BCUT2D eigenvalue weighted by molar-refractivity contribution is 6.10. The van der Waals surface area contributed by atoms with Crippen LogP contribution in [0.25, 0.3) is 44.1 Å². The summed E-state index contributed by atoms with van der Waals surface area (Å²) >= 11 is 0. The van der Waals surface area contributed by atoms with E-state index >= 15 is 0 Å². The van der Waals surface area contributed by atoms with Gasteiger partial charge in [-0.2, -0.15) is 0 Å². The summed E-state index contributed by atoms with van der Waals surface area (Å²) < 4.78 is 6.06. The number of furan rings is 1. The minimum atomic E-state index is 0.748. The molecule has 0 saturated heterocycles. The van der Waals surface area contributed by atoms with Crippen molar-refractivity contribution in [2.24, 2.45) is 0 Å². The lowest BCUT2D eigenvalue weighted by molar-refractivity contribution is 0.668. The molecule has 5 aromatic rings. The van der Waals surface area contributed by atoms with E-state index in [0.717, 1.165) is 44.1 Å². The summed E-state index contributed by atoms with van der Waals surface area (Å²) in [6.45, 7) is 0. The van der Waals surface area contributed by atoms with Gasteiger partial charge in [0.15, 0.2) is 5.58 Å². The fraction of sp³-hybridized carbons (Fsp3) is 0. The van der Waals surface area contributed by atoms with Crippen LogP contribution in [-0.4, -0.2) is 15.0 Å². The smallest absolute Gasteiger partial charge is 0.163 e. The lowest BCUT2D eigenvalue weighted by atomic mass is 10.1. The SMILES string of the molecule is c1ccc2c(c1)oc1c(-c3nccc4ccncc34)nccc12. The molecular weight excluding hydrogens is 286 g/mol. The van der Waals surface area contributed by atoms with Gasteiger partial charge in [-0.15, -0.1) is 0 Å². The van der Waals surface area contributed by atoms with Crippen molar-refractivity contribution in [3.8, 4) is 11.4 Å². The Labute approximate surface area is 131 Å². The molecule has 0 saturated carbocycles. The van der Waals surface area contributed by atoms with Crippen molar-refractivity contribution in [1.29, 1.82) is 0 Å². The lowest BCUT2D eigenvalue weighted by Crippen LogP contribution is -1.90. The van der Waals surface area contributed by atoms with E-state index in [4.69, 9.17) is 4.42 Å². The second kappa shape index (κ2) is 4.61. The van der Waals surface area contributed by atoms with Crippen LogP contribution in [0.15, 0.2) is 71.7 Å². The van der Waals surface area contributed by atoms with E-state index < -0.39 is 0 Å². The lowest BCUT2D eigenvalue weighted by Gasteiger charge is -2.04. The molecule has 0 fully saturated rings. The molecule has 0 spiro atoms. The number of benzene rings is 1. The molecular formula is C19H11N3O. The van der Waals surface area contributed by atoms with Gasteiger partial charge in [-0.05, 0) is 29.7 Å². The van der Waals surface area contributed by atoms with Crippen LogP contribution in [0.4, 0.5) is 0 Å². The summed E-state index contributed by atoms with van der Waals surface area (Å²) in [4.78, 5) is 13.3. The number of hydrogen-bond acceptors (Lipinski definition) is 4. The predicted octanol–water partition coefficient (Wildman–Crippen LogP) is 4.59. The summed E-state index contributed by atoms with van der Waals surface area (Å²) in [5.41, 5.74) is 3.16. The molecule has 0 atom stereocenters. The van der Waals surface area contributed by atoms with Crippen molar-refractivity contribution < 1.29 is 4.42 Å². The van der Waals surface area contributed by atoms with Crippen LogP contribution in [0, 0.1) is 0 Å². The molecule has 0 aliphatic rings. The number of nitrogens with zero attached hydrogens (tertiary/aromatic N) is 3. The minimum Gasteiger partial charge on any atom is -0.454 e. The van der Waals surface area contributed by atoms with Gasteiger partial charge in [-0.1, -0.05) is 18.2 Å². The fourth-order valence-corrected chi connectivity index (χ4v) is 3.02. The number of rotatable bonds is 1. The first-order valence-corrected chi connectivity index (χ1v) is 7.37. The van der Waals surface area contributed by atoms with E-state index in [2.05, 4.69) is 21.0 Å². The molecule has 0 bridgehead atoms. The van der Waals surface area contributed by atoms with E-state index in [9.17, 15) is 0 Å². The van der Waals surface area contributed by atoms with Crippen LogP contribution < -0.4 is 0 Å². The Morgan fingerprint density at radius 3 is 2.52 bits per heavy atom. The zero-order valence-electron chi connectivity index (χ0n) is 12.1. The normalized spacial score (nSPS) is 11.5. The van der Waals surface area contributed by atoms with Crippen molar-refractivity contribution in [3.05, 3.63) is 67.3 Å². The summed E-state index contributed by atoms with van der Waals surface area (Å²) in [6, 6.07) is 13.9. The standard InChI is InChI=1S/C19H11N3O/c1-2-4-16-13(3-1)14-7-10-22-18(19(14)23-16)17-15-11-20-8-5-12(15)6-9-21-17/h1-11H. The average molecular weight is 297 g/mol. The first kappa shape index (κ1) is 12.3. The van der Waals surface area contributed by atoms with Crippen LogP contribution in [0.5, 0.6) is 0 Å². The van der Waals surface area contributed by atoms with E-state index in [1.165, 1.54) is 0 Å². The van der Waals surface area contributed by atoms with Gasteiger partial charge in [0.25, 0.3) is 0 Å². The molecule has 108 valence electrons. The van der Waals surface area contributed by atoms with Crippen LogP contribution >= 0.6 is 0 Å². The highest BCUT2D eigenvalue weighted by Gasteiger charge is 2.15. The van der Waals surface area contributed by atoms with Gasteiger partial charge in [0.1, 0.15) is 17.0 Å². The molecule has 0 N–H and O–H groups in total. The molecule has 0 unspecified atom stereocenters. The van der Waals surface area contributed by atoms with Gasteiger partial charge < -0.3 is 4.42 Å². The van der Waals surface area contributed by atoms with E-state index in [1.54, 1.807) is 18.6 Å². The molecule has 0 aliphatic carbocycles. The maximum Gasteiger partial charge on any atom is 0.163 e. The molecule has 0 amide bonds. The van der Waals surface area contributed by atoms with E-state index in [1.807, 2.05) is 42.6 Å². The quantitative estimate of drug-likeness (QED) is 0.454. The molecule has 0 radical (unpaired) electrons. The zero-order valence-corrected chi connectivity index (χ0v) is 12.1. The molecule has 5 rings (SSSR count). The van der Waals surface area contributed by atoms with E-state index in [0.29, 0.717) is 0 Å². The van der Waals surface area contributed by atoms with E-state index in [-0.39, 0.29) is 0 Å². The molecule has 0 aliphatic heterocycles. The van der Waals surface area contributed by atoms with Crippen molar-refractivity contribution in [3.63, 3.8) is 0 Å². The predicted molar refractivity (Wildman–Crippen MR) is 90.0 cm³/mol. The van der Waals surface area contributed by atoms with Crippen molar-refractivity contribution in [1.82, 2.24) is 15.0 Å². The van der Waals surface area contributed by atoms with Crippen LogP contribution in [0.2, 0.25) is 0 Å². The van der Waals surface area contributed by atoms with Gasteiger partial charge in [0, 0.05) is 40.9 Å². The number of hydrogen-bond donors (Lipinski definition) is 0. The third-order valence-electron chi connectivity index (χ3n) is 4.09. The zero-order chi connectivity index (χ0) is 15.2. The van der Waals surface area contributed by atoms with Crippen LogP contribution in [-0.2, 0) is 0 Å². The Morgan fingerprint density at radius 2 is 1.52 bits per heavy atom. The second-order valence-corrected chi connectivity index (χ2v) is 5.39. The number of para-hydroxylation sites is 1. The molecule has 23 heavy (non-hydrogen) atoms. The number of aromatic nitrogens is 3. The molecule has 4 heteroatoms. The molecule has 4 aromatic heterocycles.